The maximum absolute atomic E-state index is 12.0. The van der Waals surface area contributed by atoms with Gasteiger partial charge < -0.3 is 10.3 Å². The van der Waals surface area contributed by atoms with E-state index in [2.05, 4.69) is 4.98 Å². The van der Waals surface area contributed by atoms with Crippen molar-refractivity contribution < 1.29 is 4.79 Å². The van der Waals surface area contributed by atoms with Crippen molar-refractivity contribution in [2.45, 2.75) is 38.1 Å². The van der Waals surface area contributed by atoms with Gasteiger partial charge in [0, 0.05) is 32.3 Å². The van der Waals surface area contributed by atoms with E-state index in [1.807, 2.05) is 24.7 Å². The van der Waals surface area contributed by atoms with E-state index in [9.17, 15) is 4.79 Å². The minimum atomic E-state index is -0.620. The fourth-order valence-electron chi connectivity index (χ4n) is 2.04. The summed E-state index contributed by atoms with van der Waals surface area (Å²) in [4.78, 5) is 16.2. The molecule has 4 heteroatoms. The molecule has 4 nitrogen and oxygen atoms in total. The largest absolute Gasteiger partial charge is 0.338 e. The van der Waals surface area contributed by atoms with E-state index in [0.717, 1.165) is 18.7 Å². The summed E-state index contributed by atoms with van der Waals surface area (Å²) < 4.78 is 1.94. The van der Waals surface area contributed by atoms with E-state index >= 15 is 0 Å². The van der Waals surface area contributed by atoms with Crippen molar-refractivity contribution in [2.24, 2.45) is 18.7 Å². The van der Waals surface area contributed by atoms with Gasteiger partial charge in [-0.05, 0) is 25.7 Å². The molecule has 16 heavy (non-hydrogen) atoms. The number of nitrogens with two attached hydrogens (primary N) is 1. The van der Waals surface area contributed by atoms with E-state index in [1.54, 1.807) is 6.20 Å². The molecular formula is C12H19N3O. The predicted molar refractivity (Wildman–Crippen MR) is 61.9 cm³/mol. The predicted octanol–water partition coefficient (Wildman–Crippen LogP) is 1.05. The smallest absolute Gasteiger partial charge is 0.153 e. The minimum Gasteiger partial charge on any atom is -0.338 e. The van der Waals surface area contributed by atoms with Gasteiger partial charge in [0.15, 0.2) is 5.78 Å². The van der Waals surface area contributed by atoms with Crippen molar-refractivity contribution in [3.63, 3.8) is 0 Å². The Labute approximate surface area is 95.9 Å². The lowest BCUT2D eigenvalue weighted by molar-refractivity contribution is -0.124. The zero-order valence-corrected chi connectivity index (χ0v) is 9.94. The van der Waals surface area contributed by atoms with Crippen LogP contribution in [0.4, 0.5) is 0 Å². The summed E-state index contributed by atoms with van der Waals surface area (Å²) in [6.45, 7) is 1.87. The fraction of sp³-hybridized carbons (Fsp3) is 0.667. The third kappa shape index (κ3) is 2.16. The van der Waals surface area contributed by atoms with Gasteiger partial charge in [-0.3, -0.25) is 4.79 Å². The number of carbonyl (C=O) groups is 1. The van der Waals surface area contributed by atoms with Crippen molar-refractivity contribution in [3.8, 4) is 0 Å². The van der Waals surface area contributed by atoms with E-state index < -0.39 is 5.54 Å². The first-order valence-electron chi connectivity index (χ1n) is 5.80. The van der Waals surface area contributed by atoms with Gasteiger partial charge in [0.2, 0.25) is 0 Å². The second kappa shape index (κ2) is 4.01. The number of carbonyl (C=O) groups excluding carboxylic acids is 1. The van der Waals surface area contributed by atoms with Crippen molar-refractivity contribution in [1.82, 2.24) is 9.55 Å². The topological polar surface area (TPSA) is 60.9 Å². The zero-order valence-electron chi connectivity index (χ0n) is 9.94. The highest BCUT2D eigenvalue weighted by Gasteiger charge is 2.43. The molecule has 2 N–H and O–H groups in total. The first-order chi connectivity index (χ1) is 7.51. The lowest BCUT2D eigenvalue weighted by atomic mass is 9.89. The van der Waals surface area contributed by atoms with Crippen LogP contribution in [0.1, 0.15) is 32.0 Å². The number of imidazole rings is 1. The third-order valence-electron chi connectivity index (χ3n) is 3.52. The van der Waals surface area contributed by atoms with E-state index in [-0.39, 0.29) is 5.78 Å². The number of Topliss-reactive ketones (excluding diaryl/α,β-unsaturated/α-hetero) is 1. The zero-order chi connectivity index (χ0) is 11.8. The Morgan fingerprint density at radius 3 is 2.88 bits per heavy atom. The Kier molecular flexibility index (Phi) is 2.84. The molecule has 0 aromatic carbocycles. The van der Waals surface area contributed by atoms with Crippen LogP contribution >= 0.6 is 0 Å². The van der Waals surface area contributed by atoms with Crippen molar-refractivity contribution >= 4 is 5.78 Å². The van der Waals surface area contributed by atoms with Crippen LogP contribution in [0.3, 0.4) is 0 Å². The van der Waals surface area contributed by atoms with E-state index in [1.165, 1.54) is 0 Å². The van der Waals surface area contributed by atoms with Crippen LogP contribution in [0.25, 0.3) is 0 Å². The Hall–Kier alpha value is -1.16. The van der Waals surface area contributed by atoms with Crippen molar-refractivity contribution in [3.05, 3.63) is 18.2 Å². The van der Waals surface area contributed by atoms with Crippen LogP contribution < -0.4 is 5.73 Å². The number of ketones is 1. The molecular weight excluding hydrogens is 202 g/mol. The first-order valence-corrected chi connectivity index (χ1v) is 5.80. The molecule has 2 rings (SSSR count). The van der Waals surface area contributed by atoms with E-state index in [4.69, 9.17) is 5.73 Å². The molecule has 0 saturated heterocycles. The van der Waals surface area contributed by atoms with Crippen LogP contribution in [0.5, 0.6) is 0 Å². The first kappa shape index (κ1) is 11.3. The lowest BCUT2D eigenvalue weighted by Gasteiger charge is -2.22. The van der Waals surface area contributed by atoms with Crippen molar-refractivity contribution in [1.29, 1.82) is 0 Å². The summed E-state index contributed by atoms with van der Waals surface area (Å²) >= 11 is 0. The maximum atomic E-state index is 12.0. The van der Waals surface area contributed by atoms with Crippen LogP contribution in [-0.2, 0) is 18.3 Å². The monoisotopic (exact) mass is 221 g/mol. The molecule has 1 aromatic rings. The third-order valence-corrected chi connectivity index (χ3v) is 3.52. The van der Waals surface area contributed by atoms with Gasteiger partial charge in [-0.25, -0.2) is 4.98 Å². The standard InChI is InChI=1S/C12H19N3O/c1-12(13,9-3-4-9)10(16)5-6-11-14-7-8-15(11)2/h7-9H,3-6,13H2,1-2H3. The average molecular weight is 221 g/mol. The van der Waals surface area contributed by atoms with Crippen molar-refractivity contribution in [2.75, 3.05) is 0 Å². The fourth-order valence-corrected chi connectivity index (χ4v) is 2.04. The van der Waals surface area contributed by atoms with Gasteiger partial charge in [-0.2, -0.15) is 0 Å². The molecule has 1 aromatic heterocycles. The second-order valence-electron chi connectivity index (χ2n) is 4.93. The van der Waals surface area contributed by atoms with Gasteiger partial charge in [-0.1, -0.05) is 0 Å². The van der Waals surface area contributed by atoms with Gasteiger partial charge in [-0.15, -0.1) is 0 Å². The normalized spacial score (nSPS) is 19.4. The average Bonchev–Trinajstić information content (AvgIpc) is 3.01. The van der Waals surface area contributed by atoms with Crippen LogP contribution in [0.15, 0.2) is 12.4 Å². The number of rotatable bonds is 5. The lowest BCUT2D eigenvalue weighted by Crippen LogP contribution is -2.47. The summed E-state index contributed by atoms with van der Waals surface area (Å²) in [7, 11) is 1.94. The summed E-state index contributed by atoms with van der Waals surface area (Å²) in [6.07, 6.45) is 7.02. The van der Waals surface area contributed by atoms with Gasteiger partial charge in [0.05, 0.1) is 5.54 Å². The molecule has 0 spiro atoms. The van der Waals surface area contributed by atoms with Crippen LogP contribution in [-0.4, -0.2) is 20.9 Å². The Bertz CT molecular complexity index is 391. The van der Waals surface area contributed by atoms with Gasteiger partial charge >= 0.3 is 0 Å². The highest BCUT2D eigenvalue weighted by atomic mass is 16.1. The van der Waals surface area contributed by atoms with Gasteiger partial charge in [0.25, 0.3) is 0 Å². The van der Waals surface area contributed by atoms with Gasteiger partial charge in [0.1, 0.15) is 5.82 Å². The molecule has 1 saturated carbocycles. The van der Waals surface area contributed by atoms with Crippen LogP contribution in [0, 0.1) is 5.92 Å². The molecule has 1 aliphatic rings. The molecule has 0 aliphatic heterocycles. The molecule has 88 valence electrons. The molecule has 1 unspecified atom stereocenters. The summed E-state index contributed by atoms with van der Waals surface area (Å²) in [5, 5.41) is 0. The number of hydrogen-bond acceptors (Lipinski definition) is 3. The summed E-state index contributed by atoms with van der Waals surface area (Å²) in [5.74, 6) is 1.51. The molecule has 1 atom stereocenters. The van der Waals surface area contributed by atoms with Crippen LogP contribution in [0.2, 0.25) is 0 Å². The minimum absolute atomic E-state index is 0.165. The number of nitrogens with zero attached hydrogens (tertiary/aromatic N) is 2. The highest BCUT2D eigenvalue weighted by molar-refractivity contribution is 5.88. The maximum Gasteiger partial charge on any atom is 0.153 e. The quantitative estimate of drug-likeness (QED) is 0.808. The summed E-state index contributed by atoms with van der Waals surface area (Å²) in [6, 6.07) is 0. The number of hydrogen-bond donors (Lipinski definition) is 1. The highest BCUT2D eigenvalue weighted by Crippen LogP contribution is 2.39. The molecule has 1 fully saturated rings. The number of aryl methyl sites for hydroxylation is 2. The molecule has 1 heterocycles. The number of aromatic nitrogens is 2. The molecule has 0 amide bonds. The summed E-state index contributed by atoms with van der Waals surface area (Å²) in [5.41, 5.74) is 5.45. The Morgan fingerprint density at radius 1 is 1.69 bits per heavy atom. The molecule has 1 aliphatic carbocycles. The second-order valence-corrected chi connectivity index (χ2v) is 4.93. The molecule has 0 bridgehead atoms. The SMILES string of the molecule is Cn1ccnc1CCC(=O)C(C)(N)C1CC1. The Morgan fingerprint density at radius 2 is 2.38 bits per heavy atom. The van der Waals surface area contributed by atoms with E-state index in [0.29, 0.717) is 18.8 Å². The Balaban J connectivity index is 1.91. The molecule has 0 radical (unpaired) electrons.